The average molecular weight is 522 g/mol. The lowest BCUT2D eigenvalue weighted by molar-refractivity contribution is -0.163. The van der Waals surface area contributed by atoms with Gasteiger partial charge in [0.2, 0.25) is 0 Å². The number of carbonyl (C=O) groups is 3. The number of alkyl carbamates (subject to hydrolysis) is 1. The molecule has 1 aliphatic rings. The average Bonchev–Trinajstić information content (AvgIpc) is 3.23. The minimum Gasteiger partial charge on any atom is -0.445 e. The van der Waals surface area contributed by atoms with E-state index in [2.05, 4.69) is 5.32 Å². The number of benzene rings is 1. The summed E-state index contributed by atoms with van der Waals surface area (Å²) in [6.45, 7) is 6.45. The van der Waals surface area contributed by atoms with Crippen LogP contribution in [0.3, 0.4) is 0 Å². The van der Waals surface area contributed by atoms with Gasteiger partial charge in [-0.15, -0.1) is 0 Å². The molecule has 0 radical (unpaired) electrons. The van der Waals surface area contributed by atoms with Gasteiger partial charge in [0.25, 0.3) is 5.56 Å². The molecule has 0 saturated heterocycles. The first-order valence-electron chi connectivity index (χ1n) is 12.3. The lowest BCUT2D eigenvalue weighted by atomic mass is 9.88. The molecule has 10 nitrogen and oxygen atoms in total. The van der Waals surface area contributed by atoms with Crippen molar-refractivity contribution >= 4 is 29.3 Å². The SMILES string of the molecule is CC[C@](C=O)(OC(=O)CNC(=O)OC(C)(C)C)c1cc2n(c(=O)c1COC)Cc1cc3ccccc3nc1-2. The Morgan fingerprint density at radius 3 is 2.55 bits per heavy atom. The van der Waals surface area contributed by atoms with Crippen LogP contribution in [-0.4, -0.2) is 47.2 Å². The minimum absolute atomic E-state index is 0.0479. The van der Waals surface area contributed by atoms with Gasteiger partial charge in [0.1, 0.15) is 12.1 Å². The van der Waals surface area contributed by atoms with Crippen molar-refractivity contribution in [3.63, 3.8) is 0 Å². The second kappa shape index (κ2) is 10.4. The van der Waals surface area contributed by atoms with Crippen LogP contribution in [0.25, 0.3) is 22.3 Å². The number of fused-ring (bicyclic) bond motifs is 4. The third kappa shape index (κ3) is 5.17. The number of nitrogens with one attached hydrogen (secondary N) is 1. The summed E-state index contributed by atoms with van der Waals surface area (Å²) >= 11 is 0. The highest BCUT2D eigenvalue weighted by Gasteiger charge is 2.40. The molecule has 3 heterocycles. The number of rotatable bonds is 8. The molecule has 1 atom stereocenters. The second-order valence-corrected chi connectivity index (χ2v) is 10.1. The maximum absolute atomic E-state index is 13.7. The number of hydrogen-bond acceptors (Lipinski definition) is 8. The monoisotopic (exact) mass is 521 g/mol. The zero-order valence-corrected chi connectivity index (χ0v) is 22.1. The highest BCUT2D eigenvalue weighted by Crippen LogP contribution is 2.37. The Balaban J connectivity index is 1.75. The normalized spacial score (nSPS) is 13.8. The molecule has 10 heteroatoms. The van der Waals surface area contributed by atoms with E-state index < -0.39 is 29.8 Å². The van der Waals surface area contributed by atoms with Crippen LogP contribution in [0.15, 0.2) is 41.2 Å². The molecule has 4 rings (SSSR count). The summed E-state index contributed by atoms with van der Waals surface area (Å²) in [5, 5.41) is 3.28. The van der Waals surface area contributed by atoms with Crippen molar-refractivity contribution in [2.24, 2.45) is 0 Å². The van der Waals surface area contributed by atoms with Crippen LogP contribution in [-0.2, 0) is 42.6 Å². The molecular weight excluding hydrogens is 490 g/mol. The number of aromatic nitrogens is 2. The van der Waals surface area contributed by atoms with Crippen molar-refractivity contribution in [2.45, 2.75) is 58.5 Å². The minimum atomic E-state index is -1.78. The van der Waals surface area contributed by atoms with Gasteiger partial charge in [0, 0.05) is 23.6 Å². The smallest absolute Gasteiger partial charge is 0.408 e. The molecule has 0 saturated carbocycles. The van der Waals surface area contributed by atoms with Gasteiger partial charge >= 0.3 is 12.1 Å². The van der Waals surface area contributed by atoms with Gasteiger partial charge in [-0.1, -0.05) is 25.1 Å². The lowest BCUT2D eigenvalue weighted by Gasteiger charge is -2.30. The molecule has 1 N–H and O–H groups in total. The first-order valence-corrected chi connectivity index (χ1v) is 12.3. The molecule has 200 valence electrons. The van der Waals surface area contributed by atoms with Crippen LogP contribution < -0.4 is 10.9 Å². The summed E-state index contributed by atoms with van der Waals surface area (Å²) in [7, 11) is 1.44. The Bertz CT molecular complexity index is 1470. The highest BCUT2D eigenvalue weighted by molar-refractivity contribution is 5.85. The topological polar surface area (TPSA) is 126 Å². The predicted molar refractivity (Wildman–Crippen MR) is 140 cm³/mol. The summed E-state index contributed by atoms with van der Waals surface area (Å²) in [5.41, 5.74) is 0.324. The Labute approximate surface area is 219 Å². The number of esters is 1. The van der Waals surface area contributed by atoms with Gasteiger partial charge in [-0.3, -0.25) is 14.4 Å². The fourth-order valence-electron chi connectivity index (χ4n) is 4.56. The molecule has 0 fully saturated rings. The molecule has 3 aromatic rings. The molecule has 2 aromatic heterocycles. The molecule has 38 heavy (non-hydrogen) atoms. The number of nitrogens with zero attached hydrogens (tertiary/aromatic N) is 2. The zero-order valence-electron chi connectivity index (χ0n) is 22.1. The van der Waals surface area contributed by atoms with Crippen molar-refractivity contribution in [2.75, 3.05) is 13.7 Å². The first-order chi connectivity index (χ1) is 18.0. The summed E-state index contributed by atoms with van der Waals surface area (Å²) < 4.78 is 17.7. The Kier molecular flexibility index (Phi) is 7.37. The second-order valence-electron chi connectivity index (χ2n) is 10.1. The fraction of sp³-hybridized carbons (Fsp3) is 0.393. The quantitative estimate of drug-likeness (QED) is 0.276. The van der Waals surface area contributed by atoms with Crippen molar-refractivity contribution in [3.8, 4) is 11.4 Å². The summed E-state index contributed by atoms with van der Waals surface area (Å²) in [6.07, 6.45) is -0.243. The van der Waals surface area contributed by atoms with Crippen LogP contribution in [0.1, 0.15) is 50.8 Å². The number of amides is 1. The molecule has 1 aliphatic heterocycles. The first kappa shape index (κ1) is 27.0. The highest BCUT2D eigenvalue weighted by atomic mass is 16.6. The maximum atomic E-state index is 13.7. The van der Waals surface area contributed by atoms with Crippen LogP contribution >= 0.6 is 0 Å². The van der Waals surface area contributed by atoms with E-state index in [9.17, 15) is 19.2 Å². The fourth-order valence-corrected chi connectivity index (χ4v) is 4.56. The zero-order chi connectivity index (χ0) is 27.7. The van der Waals surface area contributed by atoms with E-state index in [0.29, 0.717) is 24.2 Å². The number of ether oxygens (including phenoxy) is 3. The van der Waals surface area contributed by atoms with E-state index in [0.717, 1.165) is 16.5 Å². The summed E-state index contributed by atoms with van der Waals surface area (Å²) in [4.78, 5) is 55.8. The number of aldehydes is 1. The molecular formula is C28H31N3O7. The van der Waals surface area contributed by atoms with Crippen LogP contribution in [0.4, 0.5) is 4.79 Å². The molecule has 1 aromatic carbocycles. The molecule has 1 amide bonds. The van der Waals surface area contributed by atoms with Gasteiger partial charge in [-0.05, 0) is 45.4 Å². The molecule has 0 spiro atoms. The van der Waals surface area contributed by atoms with Crippen LogP contribution in [0.2, 0.25) is 0 Å². The largest absolute Gasteiger partial charge is 0.445 e. The van der Waals surface area contributed by atoms with Crippen LogP contribution in [0, 0.1) is 0 Å². The number of hydrogen-bond donors (Lipinski definition) is 1. The van der Waals surface area contributed by atoms with E-state index in [1.165, 1.54) is 7.11 Å². The lowest BCUT2D eigenvalue weighted by Crippen LogP contribution is -2.42. The van der Waals surface area contributed by atoms with Crippen molar-refractivity contribution in [1.82, 2.24) is 14.9 Å². The molecule has 0 bridgehead atoms. The number of para-hydroxylation sites is 1. The number of carbonyl (C=O) groups excluding carboxylic acids is 3. The van der Waals surface area contributed by atoms with E-state index in [4.69, 9.17) is 19.2 Å². The standard InChI is InChI=1S/C28H31N3O7/c1-6-28(16-32,37-23(33)13-29-26(35)38-27(2,3)4)20-12-22-24-18(11-17-9-7-8-10-21(17)30-24)14-31(22)25(34)19(20)15-36-5/h7-12,16H,6,13-15H2,1-5H3,(H,29,35)/t28-/m1/s1. The van der Waals surface area contributed by atoms with Crippen molar-refractivity contribution < 1.29 is 28.6 Å². The Hall–Kier alpha value is -4.05. The van der Waals surface area contributed by atoms with E-state index in [1.807, 2.05) is 30.3 Å². The maximum Gasteiger partial charge on any atom is 0.408 e. The van der Waals surface area contributed by atoms with E-state index in [-0.39, 0.29) is 29.7 Å². The van der Waals surface area contributed by atoms with E-state index in [1.54, 1.807) is 38.3 Å². The van der Waals surface area contributed by atoms with Crippen LogP contribution in [0.5, 0.6) is 0 Å². The third-order valence-electron chi connectivity index (χ3n) is 6.31. The van der Waals surface area contributed by atoms with Gasteiger partial charge < -0.3 is 24.1 Å². The Morgan fingerprint density at radius 1 is 1.16 bits per heavy atom. The summed E-state index contributed by atoms with van der Waals surface area (Å²) in [6, 6.07) is 11.3. The Morgan fingerprint density at radius 2 is 1.89 bits per heavy atom. The van der Waals surface area contributed by atoms with Crippen molar-refractivity contribution in [1.29, 1.82) is 0 Å². The van der Waals surface area contributed by atoms with Gasteiger partial charge in [-0.2, -0.15) is 0 Å². The number of pyridine rings is 2. The van der Waals surface area contributed by atoms with E-state index >= 15 is 0 Å². The van der Waals surface area contributed by atoms with Crippen molar-refractivity contribution in [3.05, 3.63) is 63.4 Å². The molecule has 0 unspecified atom stereocenters. The third-order valence-corrected chi connectivity index (χ3v) is 6.31. The van der Waals surface area contributed by atoms with Gasteiger partial charge in [-0.25, -0.2) is 9.78 Å². The molecule has 0 aliphatic carbocycles. The number of methoxy groups -OCH3 is 1. The predicted octanol–water partition coefficient (Wildman–Crippen LogP) is 3.44. The van der Waals surface area contributed by atoms with Gasteiger partial charge in [0.05, 0.1) is 35.6 Å². The van der Waals surface area contributed by atoms with Gasteiger partial charge in [0.15, 0.2) is 11.9 Å². The summed E-state index contributed by atoms with van der Waals surface area (Å²) in [5.74, 6) is -0.863.